The standard InChI is InChI=1S/C34H51N3O9/c1-23(2)35-27(38)19-34(31(42)43,22-45-18-17-44-6)21-33(15-9-10-16-33)30(41)36-25-14-13-24-11-7-8-12-26(24)37(29(25)40)20-28(39)46-32(3,4)5/h7-8,11-12,23,25H,9-10,13-22H2,1-6H3,(H,35,38)(H,36,41)(H,42,43)/t25-,34?/m0/s1. The minimum Gasteiger partial charge on any atom is -0.481 e. The summed E-state index contributed by atoms with van der Waals surface area (Å²) in [5, 5.41) is 16.3. The van der Waals surface area contributed by atoms with Gasteiger partial charge in [0.25, 0.3) is 0 Å². The van der Waals surface area contributed by atoms with Gasteiger partial charge in [-0.1, -0.05) is 31.0 Å². The van der Waals surface area contributed by atoms with E-state index in [1.165, 1.54) is 12.0 Å². The van der Waals surface area contributed by atoms with Gasteiger partial charge in [-0.05, 0) is 78.4 Å². The quantitative estimate of drug-likeness (QED) is 0.192. The topological polar surface area (TPSA) is 161 Å². The van der Waals surface area contributed by atoms with E-state index >= 15 is 0 Å². The molecule has 0 bridgehead atoms. The zero-order chi connectivity index (χ0) is 34.1. The van der Waals surface area contributed by atoms with Crippen LogP contribution in [0, 0.1) is 10.8 Å². The molecule has 0 saturated heterocycles. The highest BCUT2D eigenvalue weighted by Crippen LogP contribution is 2.48. The smallest absolute Gasteiger partial charge is 0.326 e. The highest BCUT2D eigenvalue weighted by molar-refractivity contribution is 6.04. The largest absolute Gasteiger partial charge is 0.481 e. The first-order valence-corrected chi connectivity index (χ1v) is 16.1. The summed E-state index contributed by atoms with van der Waals surface area (Å²) in [4.78, 5) is 68.5. The second-order valence-electron chi connectivity index (χ2n) is 13.9. The first kappa shape index (κ1) is 37.0. The molecule has 3 rings (SSSR count). The molecule has 0 aromatic heterocycles. The number of amides is 3. The summed E-state index contributed by atoms with van der Waals surface area (Å²) in [5.41, 5.74) is -2.14. The number of methoxy groups -OCH3 is 1. The van der Waals surface area contributed by atoms with Crippen molar-refractivity contribution >= 4 is 35.3 Å². The number of fused-ring (bicyclic) bond motifs is 1. The molecule has 12 nitrogen and oxygen atoms in total. The van der Waals surface area contributed by atoms with E-state index in [0.29, 0.717) is 44.2 Å². The van der Waals surface area contributed by atoms with Crippen LogP contribution in [0.5, 0.6) is 0 Å². The van der Waals surface area contributed by atoms with Crippen LogP contribution in [-0.2, 0) is 44.6 Å². The second kappa shape index (κ2) is 15.9. The van der Waals surface area contributed by atoms with Gasteiger partial charge in [0.05, 0.1) is 25.2 Å². The molecule has 1 aliphatic carbocycles. The molecule has 2 atom stereocenters. The fourth-order valence-corrected chi connectivity index (χ4v) is 6.48. The molecule has 1 fully saturated rings. The van der Waals surface area contributed by atoms with E-state index in [4.69, 9.17) is 14.2 Å². The van der Waals surface area contributed by atoms with Crippen molar-refractivity contribution in [2.24, 2.45) is 10.8 Å². The fraction of sp³-hybridized carbons (Fsp3) is 0.676. The number of para-hydroxylation sites is 1. The molecule has 1 unspecified atom stereocenters. The molecule has 1 heterocycles. The van der Waals surface area contributed by atoms with Crippen LogP contribution in [-0.4, -0.2) is 85.9 Å². The molecular formula is C34H51N3O9. The predicted octanol–water partition coefficient (Wildman–Crippen LogP) is 3.39. The Kier molecular flexibility index (Phi) is 12.7. The lowest BCUT2D eigenvalue weighted by atomic mass is 9.67. The molecule has 3 amide bonds. The Labute approximate surface area is 271 Å². The van der Waals surface area contributed by atoms with Crippen molar-refractivity contribution in [2.45, 2.75) is 104 Å². The van der Waals surface area contributed by atoms with E-state index in [0.717, 1.165) is 5.56 Å². The van der Waals surface area contributed by atoms with Gasteiger partial charge >= 0.3 is 11.9 Å². The fourth-order valence-electron chi connectivity index (χ4n) is 6.48. The number of carboxylic acids is 1. The average molecular weight is 646 g/mol. The molecule has 1 aromatic rings. The van der Waals surface area contributed by atoms with Gasteiger partial charge in [0, 0.05) is 25.3 Å². The number of carbonyl (C=O) groups is 5. The number of benzene rings is 1. The number of hydrogen-bond acceptors (Lipinski definition) is 8. The highest BCUT2D eigenvalue weighted by Gasteiger charge is 2.53. The number of hydrogen-bond donors (Lipinski definition) is 3. The normalized spacial score (nSPS) is 19.2. The van der Waals surface area contributed by atoms with Crippen molar-refractivity contribution in [1.82, 2.24) is 10.6 Å². The van der Waals surface area contributed by atoms with E-state index in [2.05, 4.69) is 10.6 Å². The summed E-state index contributed by atoms with van der Waals surface area (Å²) in [5.74, 6) is -3.13. The second-order valence-corrected chi connectivity index (χ2v) is 13.9. The summed E-state index contributed by atoms with van der Waals surface area (Å²) >= 11 is 0. The molecule has 1 saturated carbocycles. The molecule has 1 aromatic carbocycles. The lowest BCUT2D eigenvalue weighted by Gasteiger charge is -2.38. The molecule has 0 spiro atoms. The van der Waals surface area contributed by atoms with Crippen molar-refractivity contribution in [2.75, 3.05) is 38.4 Å². The Morgan fingerprint density at radius 3 is 2.37 bits per heavy atom. The number of carboxylic acid groups (broad SMARTS) is 1. The van der Waals surface area contributed by atoms with Gasteiger partial charge < -0.3 is 30.0 Å². The van der Waals surface area contributed by atoms with Crippen molar-refractivity contribution in [3.05, 3.63) is 29.8 Å². The van der Waals surface area contributed by atoms with Gasteiger partial charge in [0.1, 0.15) is 23.6 Å². The third-order valence-electron chi connectivity index (χ3n) is 8.49. The van der Waals surface area contributed by atoms with Crippen molar-refractivity contribution < 1.29 is 43.3 Å². The number of nitrogens with zero attached hydrogens (tertiary/aromatic N) is 1. The first-order chi connectivity index (χ1) is 21.6. The number of nitrogens with one attached hydrogen (secondary N) is 2. The Hall–Kier alpha value is -3.51. The van der Waals surface area contributed by atoms with Crippen LogP contribution < -0.4 is 15.5 Å². The lowest BCUT2D eigenvalue weighted by Crippen LogP contribution is -2.55. The van der Waals surface area contributed by atoms with E-state index in [1.807, 2.05) is 12.1 Å². The van der Waals surface area contributed by atoms with Crippen LogP contribution in [0.15, 0.2) is 24.3 Å². The molecule has 2 aliphatic rings. The minimum atomic E-state index is -1.69. The van der Waals surface area contributed by atoms with Crippen molar-refractivity contribution in [3.63, 3.8) is 0 Å². The van der Waals surface area contributed by atoms with Crippen LogP contribution in [0.3, 0.4) is 0 Å². The van der Waals surface area contributed by atoms with Crippen molar-refractivity contribution in [1.29, 1.82) is 0 Å². The van der Waals surface area contributed by atoms with E-state index < -0.39 is 52.1 Å². The molecule has 256 valence electrons. The maximum Gasteiger partial charge on any atom is 0.326 e. The summed E-state index contributed by atoms with van der Waals surface area (Å²) in [6.45, 7) is 8.58. The molecule has 46 heavy (non-hydrogen) atoms. The van der Waals surface area contributed by atoms with Crippen LogP contribution in [0.25, 0.3) is 0 Å². The Bertz CT molecular complexity index is 1250. The van der Waals surface area contributed by atoms with Gasteiger partial charge in [0.2, 0.25) is 17.7 Å². The number of anilines is 1. The Morgan fingerprint density at radius 2 is 1.76 bits per heavy atom. The van der Waals surface area contributed by atoms with Crippen LogP contribution >= 0.6 is 0 Å². The Morgan fingerprint density at radius 1 is 1.09 bits per heavy atom. The summed E-state index contributed by atoms with van der Waals surface area (Å²) in [6, 6.07) is 6.15. The monoisotopic (exact) mass is 645 g/mol. The average Bonchev–Trinajstić information content (AvgIpc) is 3.39. The molecule has 3 N–H and O–H groups in total. The van der Waals surface area contributed by atoms with E-state index in [-0.39, 0.29) is 45.2 Å². The summed E-state index contributed by atoms with van der Waals surface area (Å²) in [6.07, 6.45) is 2.46. The number of aliphatic carboxylic acids is 1. The SMILES string of the molecule is COCCOCC(CC(=O)NC(C)C)(CC1(C(=O)N[C@H]2CCc3ccccc3N(CC(=O)OC(C)(C)C)C2=O)CCCC1)C(=O)O. The van der Waals surface area contributed by atoms with Gasteiger partial charge in [-0.2, -0.15) is 0 Å². The van der Waals surface area contributed by atoms with Gasteiger partial charge in [-0.15, -0.1) is 0 Å². The Balaban J connectivity index is 1.92. The number of rotatable bonds is 15. The van der Waals surface area contributed by atoms with E-state index in [9.17, 15) is 29.1 Å². The van der Waals surface area contributed by atoms with Crippen LogP contribution in [0.1, 0.15) is 85.1 Å². The maximum absolute atomic E-state index is 14.3. The van der Waals surface area contributed by atoms with Gasteiger partial charge in [0.15, 0.2) is 0 Å². The molecule has 12 heteroatoms. The first-order valence-electron chi connectivity index (χ1n) is 16.1. The maximum atomic E-state index is 14.3. The van der Waals surface area contributed by atoms with Gasteiger partial charge in [-0.3, -0.25) is 28.9 Å². The number of aryl methyl sites for hydroxylation is 1. The molecule has 0 radical (unpaired) electrons. The summed E-state index contributed by atoms with van der Waals surface area (Å²) < 4.78 is 16.3. The minimum absolute atomic E-state index is 0.126. The number of ether oxygens (including phenoxy) is 3. The zero-order valence-electron chi connectivity index (χ0n) is 28.1. The van der Waals surface area contributed by atoms with Crippen LogP contribution in [0.2, 0.25) is 0 Å². The van der Waals surface area contributed by atoms with Crippen LogP contribution in [0.4, 0.5) is 5.69 Å². The predicted molar refractivity (Wildman–Crippen MR) is 171 cm³/mol. The molecular weight excluding hydrogens is 594 g/mol. The lowest BCUT2D eigenvalue weighted by molar-refractivity contribution is -0.161. The third-order valence-corrected chi connectivity index (χ3v) is 8.49. The van der Waals surface area contributed by atoms with Crippen molar-refractivity contribution in [3.8, 4) is 0 Å². The van der Waals surface area contributed by atoms with E-state index in [1.54, 1.807) is 46.8 Å². The number of carbonyl (C=O) groups excluding carboxylic acids is 4. The van der Waals surface area contributed by atoms with Gasteiger partial charge in [-0.25, -0.2) is 0 Å². The highest BCUT2D eigenvalue weighted by atomic mass is 16.6. The zero-order valence-corrected chi connectivity index (χ0v) is 28.1. The number of esters is 1. The summed E-state index contributed by atoms with van der Waals surface area (Å²) in [7, 11) is 1.50. The molecule has 1 aliphatic heterocycles. The third kappa shape index (κ3) is 9.75.